The van der Waals surface area contributed by atoms with Gasteiger partial charge in [0.1, 0.15) is 11.5 Å². The van der Waals surface area contributed by atoms with Gasteiger partial charge >= 0.3 is 0 Å². The van der Waals surface area contributed by atoms with Gasteiger partial charge in [0.15, 0.2) is 0 Å². The predicted molar refractivity (Wildman–Crippen MR) is 104 cm³/mol. The molecule has 0 radical (unpaired) electrons. The molecule has 2 nitrogen and oxygen atoms in total. The van der Waals surface area contributed by atoms with E-state index in [4.69, 9.17) is 0 Å². The van der Waals surface area contributed by atoms with Crippen LogP contribution >= 0.6 is 38.5 Å². The van der Waals surface area contributed by atoms with E-state index < -0.39 is 0 Å². The standard InChI is InChI=1S/C18H20BrIO2/c1-10-7-16(21)12(3)5-14(10)18(20,9-19)15-6-13(4)17(22)8-11(15)2/h5-8,21-22H,9H2,1-4H3. The van der Waals surface area contributed by atoms with Gasteiger partial charge in [-0.05, 0) is 73.2 Å². The van der Waals surface area contributed by atoms with Crippen molar-refractivity contribution < 1.29 is 10.2 Å². The summed E-state index contributed by atoms with van der Waals surface area (Å²) >= 11 is 6.14. The second-order valence-electron chi connectivity index (χ2n) is 5.84. The maximum absolute atomic E-state index is 9.92. The van der Waals surface area contributed by atoms with Crippen molar-refractivity contribution in [1.82, 2.24) is 0 Å². The summed E-state index contributed by atoms with van der Waals surface area (Å²) in [4.78, 5) is 0. The third kappa shape index (κ3) is 3.00. The molecule has 0 atom stereocenters. The van der Waals surface area contributed by atoms with E-state index in [1.165, 1.54) is 11.1 Å². The monoisotopic (exact) mass is 474 g/mol. The van der Waals surface area contributed by atoms with Gasteiger partial charge in [0.05, 0.1) is 3.42 Å². The molecule has 0 unspecified atom stereocenters. The number of halogens is 2. The molecule has 0 aliphatic carbocycles. The zero-order valence-electron chi connectivity index (χ0n) is 13.2. The first-order valence-electron chi connectivity index (χ1n) is 7.07. The van der Waals surface area contributed by atoms with Gasteiger partial charge in [0.2, 0.25) is 0 Å². The Morgan fingerprint density at radius 3 is 1.50 bits per heavy atom. The second kappa shape index (κ2) is 6.40. The molecule has 0 aliphatic heterocycles. The maximum atomic E-state index is 9.92. The molecule has 0 saturated heterocycles. The first-order valence-corrected chi connectivity index (χ1v) is 9.27. The van der Waals surface area contributed by atoms with Crippen LogP contribution in [0.2, 0.25) is 0 Å². The Bertz CT molecular complexity index is 668. The first-order chi connectivity index (χ1) is 10.2. The molecular weight excluding hydrogens is 455 g/mol. The molecule has 0 aromatic heterocycles. The summed E-state index contributed by atoms with van der Waals surface area (Å²) < 4.78 is -0.261. The predicted octanol–water partition coefficient (Wildman–Crippen LogP) is 5.40. The molecule has 4 heteroatoms. The van der Waals surface area contributed by atoms with Crippen LogP contribution in [0.25, 0.3) is 0 Å². The van der Waals surface area contributed by atoms with E-state index in [1.807, 2.05) is 39.8 Å². The third-order valence-electron chi connectivity index (χ3n) is 4.12. The van der Waals surface area contributed by atoms with Crippen LogP contribution in [0.15, 0.2) is 24.3 Å². The van der Waals surface area contributed by atoms with Crippen molar-refractivity contribution >= 4 is 38.5 Å². The number of alkyl halides is 2. The molecule has 22 heavy (non-hydrogen) atoms. The van der Waals surface area contributed by atoms with Crippen LogP contribution in [-0.4, -0.2) is 15.5 Å². The van der Waals surface area contributed by atoms with Gasteiger partial charge < -0.3 is 10.2 Å². The van der Waals surface area contributed by atoms with Crippen LogP contribution in [0, 0.1) is 27.7 Å². The Labute approximate surface area is 153 Å². The van der Waals surface area contributed by atoms with Gasteiger partial charge in [-0.25, -0.2) is 0 Å². The molecule has 0 spiro atoms. The highest BCUT2D eigenvalue weighted by Crippen LogP contribution is 2.46. The van der Waals surface area contributed by atoms with Crippen molar-refractivity contribution in [2.45, 2.75) is 31.1 Å². The highest BCUT2D eigenvalue weighted by atomic mass is 127. The normalized spacial score (nSPS) is 11.7. The molecule has 0 aliphatic rings. The average molecular weight is 475 g/mol. The quantitative estimate of drug-likeness (QED) is 0.461. The summed E-state index contributed by atoms with van der Waals surface area (Å²) in [7, 11) is 0. The Morgan fingerprint density at radius 1 is 0.818 bits per heavy atom. The largest absolute Gasteiger partial charge is 0.508 e. The number of rotatable bonds is 3. The lowest BCUT2D eigenvalue weighted by Gasteiger charge is -2.31. The Kier molecular flexibility index (Phi) is 5.12. The van der Waals surface area contributed by atoms with Crippen LogP contribution in [0.1, 0.15) is 33.4 Å². The molecule has 2 rings (SSSR count). The lowest BCUT2D eigenvalue weighted by atomic mass is 9.85. The van der Waals surface area contributed by atoms with Gasteiger partial charge in [0, 0.05) is 5.33 Å². The SMILES string of the molecule is Cc1cc(C(I)(CBr)c2cc(C)c(O)cc2C)c(C)cc1O. The third-order valence-corrected chi connectivity index (χ3v) is 7.56. The van der Waals surface area contributed by atoms with Gasteiger partial charge in [-0.1, -0.05) is 50.7 Å². The zero-order valence-corrected chi connectivity index (χ0v) is 16.9. The minimum Gasteiger partial charge on any atom is -0.508 e. The molecule has 2 N–H and O–H groups in total. The van der Waals surface area contributed by atoms with Crippen molar-refractivity contribution in [3.05, 3.63) is 57.6 Å². The van der Waals surface area contributed by atoms with Gasteiger partial charge in [-0.3, -0.25) is 0 Å². The summed E-state index contributed by atoms with van der Waals surface area (Å²) in [6.45, 7) is 7.87. The number of hydrogen-bond donors (Lipinski definition) is 2. The fraction of sp³-hybridized carbons (Fsp3) is 0.333. The van der Waals surface area contributed by atoms with Crippen LogP contribution in [-0.2, 0) is 3.42 Å². The lowest BCUT2D eigenvalue weighted by molar-refractivity contribution is 0.470. The van der Waals surface area contributed by atoms with Gasteiger partial charge in [-0.15, -0.1) is 0 Å². The molecule has 0 fully saturated rings. The van der Waals surface area contributed by atoms with Crippen molar-refractivity contribution in [3.8, 4) is 11.5 Å². The van der Waals surface area contributed by atoms with E-state index in [1.54, 1.807) is 0 Å². The fourth-order valence-corrected chi connectivity index (χ4v) is 4.51. The number of hydrogen-bond acceptors (Lipinski definition) is 2. The van der Waals surface area contributed by atoms with E-state index in [2.05, 4.69) is 50.7 Å². The molecule has 2 aromatic carbocycles. The number of phenolic OH excluding ortho intramolecular Hbond substituents is 2. The molecule has 2 aromatic rings. The van der Waals surface area contributed by atoms with Crippen molar-refractivity contribution in [3.63, 3.8) is 0 Å². The van der Waals surface area contributed by atoms with Crippen molar-refractivity contribution in [2.24, 2.45) is 0 Å². The van der Waals surface area contributed by atoms with Crippen LogP contribution in [0.4, 0.5) is 0 Å². The Balaban J connectivity index is 2.73. The van der Waals surface area contributed by atoms with Crippen molar-refractivity contribution in [1.29, 1.82) is 0 Å². The van der Waals surface area contributed by atoms with E-state index in [9.17, 15) is 10.2 Å². The van der Waals surface area contributed by atoms with Crippen LogP contribution < -0.4 is 0 Å². The highest BCUT2D eigenvalue weighted by Gasteiger charge is 2.33. The Morgan fingerprint density at radius 2 is 1.18 bits per heavy atom. The van der Waals surface area contributed by atoms with Crippen LogP contribution in [0.3, 0.4) is 0 Å². The summed E-state index contributed by atoms with van der Waals surface area (Å²) in [5.74, 6) is 0.654. The van der Waals surface area contributed by atoms with E-state index in [0.717, 1.165) is 27.6 Å². The summed E-state index contributed by atoms with van der Waals surface area (Å²) in [5, 5.41) is 20.6. The number of benzene rings is 2. The van der Waals surface area contributed by atoms with Crippen molar-refractivity contribution in [2.75, 3.05) is 5.33 Å². The lowest BCUT2D eigenvalue weighted by Crippen LogP contribution is -2.24. The molecule has 0 bridgehead atoms. The zero-order chi connectivity index (χ0) is 16.7. The average Bonchev–Trinajstić information content (AvgIpc) is 2.46. The van der Waals surface area contributed by atoms with E-state index in [-0.39, 0.29) is 3.42 Å². The minimum atomic E-state index is -0.261. The van der Waals surface area contributed by atoms with Gasteiger partial charge in [0.25, 0.3) is 0 Å². The summed E-state index contributed by atoms with van der Waals surface area (Å²) in [6, 6.07) is 7.76. The molecule has 0 saturated carbocycles. The molecule has 0 heterocycles. The van der Waals surface area contributed by atoms with Gasteiger partial charge in [-0.2, -0.15) is 0 Å². The molecule has 118 valence electrons. The maximum Gasteiger partial charge on any atom is 0.118 e. The highest BCUT2D eigenvalue weighted by molar-refractivity contribution is 14.1. The van der Waals surface area contributed by atoms with Crippen LogP contribution in [0.5, 0.6) is 11.5 Å². The number of phenols is 2. The molecular formula is C18H20BrIO2. The smallest absolute Gasteiger partial charge is 0.118 e. The topological polar surface area (TPSA) is 40.5 Å². The second-order valence-corrected chi connectivity index (χ2v) is 8.24. The number of aryl methyl sites for hydroxylation is 4. The summed E-state index contributed by atoms with van der Waals surface area (Å²) in [6.07, 6.45) is 0. The first kappa shape index (κ1) is 17.6. The fourth-order valence-electron chi connectivity index (χ4n) is 2.74. The Hall–Kier alpha value is -0.750. The van der Waals surface area contributed by atoms with E-state index >= 15 is 0 Å². The van der Waals surface area contributed by atoms with E-state index in [0.29, 0.717) is 11.5 Å². The summed E-state index contributed by atoms with van der Waals surface area (Å²) in [5.41, 5.74) is 6.21. The number of aromatic hydroxyl groups is 2. The molecule has 0 amide bonds. The minimum absolute atomic E-state index is 0.261.